The third-order valence-corrected chi connectivity index (χ3v) is 9.86. The highest BCUT2D eigenvalue weighted by atomic mass is 15.1. The summed E-state index contributed by atoms with van der Waals surface area (Å²) < 4.78 is 2.41. The molecule has 0 aliphatic rings. The lowest BCUT2D eigenvalue weighted by Crippen LogP contribution is -2.11. The van der Waals surface area contributed by atoms with Crippen LogP contribution in [0.5, 0.6) is 0 Å². The number of hydrogen-bond donors (Lipinski definition) is 0. The molecule has 0 N–H and O–H groups in total. The van der Waals surface area contributed by atoms with Gasteiger partial charge in [-0.05, 0) is 89.3 Å². The molecule has 0 amide bonds. The number of benzene rings is 8. The topological polar surface area (TPSA) is 8.17 Å². The number of anilines is 3. The van der Waals surface area contributed by atoms with E-state index in [0.29, 0.717) is 0 Å². The van der Waals surface area contributed by atoms with E-state index in [4.69, 9.17) is 0 Å². The minimum absolute atomic E-state index is 1.10. The van der Waals surface area contributed by atoms with Gasteiger partial charge in [0.05, 0.1) is 16.7 Å². The Labute approximate surface area is 299 Å². The zero-order valence-corrected chi connectivity index (χ0v) is 28.4. The van der Waals surface area contributed by atoms with Gasteiger partial charge in [0.2, 0.25) is 0 Å². The van der Waals surface area contributed by atoms with E-state index in [1.807, 2.05) is 0 Å². The van der Waals surface area contributed by atoms with Crippen molar-refractivity contribution in [1.82, 2.24) is 4.57 Å². The Kier molecular flexibility index (Phi) is 7.75. The van der Waals surface area contributed by atoms with Crippen LogP contribution in [0.15, 0.2) is 200 Å². The van der Waals surface area contributed by atoms with Crippen molar-refractivity contribution in [2.24, 2.45) is 0 Å². The van der Waals surface area contributed by atoms with E-state index >= 15 is 0 Å². The summed E-state index contributed by atoms with van der Waals surface area (Å²) >= 11 is 0. The number of aryl methyl sites for hydroxylation is 1. The van der Waals surface area contributed by atoms with Crippen molar-refractivity contribution in [3.63, 3.8) is 0 Å². The van der Waals surface area contributed by atoms with Crippen molar-refractivity contribution in [2.45, 2.75) is 6.92 Å². The summed E-state index contributed by atoms with van der Waals surface area (Å²) in [6.07, 6.45) is 0. The van der Waals surface area contributed by atoms with Gasteiger partial charge < -0.3 is 9.47 Å². The number of nitrogens with zero attached hydrogens (tertiary/aromatic N) is 2. The van der Waals surface area contributed by atoms with Crippen LogP contribution in [0.1, 0.15) is 5.56 Å². The molecule has 1 aromatic heterocycles. The monoisotopic (exact) mass is 652 g/mol. The molecule has 0 radical (unpaired) electrons. The molecular weight excluding hydrogens is 617 g/mol. The molecule has 0 fully saturated rings. The quantitative estimate of drug-likeness (QED) is 0.166. The van der Waals surface area contributed by atoms with Gasteiger partial charge in [0.15, 0.2) is 0 Å². The molecule has 2 nitrogen and oxygen atoms in total. The number of fused-ring (bicyclic) bond motifs is 3. The van der Waals surface area contributed by atoms with Gasteiger partial charge in [-0.2, -0.15) is 0 Å². The third-order valence-electron chi connectivity index (χ3n) is 9.86. The van der Waals surface area contributed by atoms with E-state index in [2.05, 4.69) is 217 Å². The molecule has 51 heavy (non-hydrogen) atoms. The van der Waals surface area contributed by atoms with E-state index in [0.717, 1.165) is 22.7 Å². The van der Waals surface area contributed by atoms with Crippen molar-refractivity contribution >= 4 is 38.9 Å². The lowest BCUT2D eigenvalue weighted by molar-refractivity contribution is 1.18. The van der Waals surface area contributed by atoms with Crippen molar-refractivity contribution in [3.8, 4) is 39.1 Å². The van der Waals surface area contributed by atoms with Crippen LogP contribution in [0.25, 0.3) is 60.9 Å². The van der Waals surface area contributed by atoms with E-state index in [-0.39, 0.29) is 0 Å². The Morgan fingerprint density at radius 3 is 1.53 bits per heavy atom. The van der Waals surface area contributed by atoms with E-state index < -0.39 is 0 Å². The second kappa shape index (κ2) is 13.0. The predicted molar refractivity (Wildman–Crippen MR) is 217 cm³/mol. The first-order chi connectivity index (χ1) is 25.2. The summed E-state index contributed by atoms with van der Waals surface area (Å²) in [5.74, 6) is 0. The first kappa shape index (κ1) is 30.4. The minimum atomic E-state index is 1.10. The molecule has 9 rings (SSSR count). The van der Waals surface area contributed by atoms with Gasteiger partial charge in [0, 0.05) is 33.4 Å². The van der Waals surface area contributed by atoms with Crippen LogP contribution in [0.4, 0.5) is 17.1 Å². The molecule has 0 bridgehead atoms. The summed E-state index contributed by atoms with van der Waals surface area (Å²) in [5.41, 5.74) is 15.3. The van der Waals surface area contributed by atoms with Crippen LogP contribution in [0.3, 0.4) is 0 Å². The largest absolute Gasteiger partial charge is 0.310 e. The highest BCUT2D eigenvalue weighted by molar-refractivity contribution is 6.10. The zero-order chi connectivity index (χ0) is 34.1. The van der Waals surface area contributed by atoms with Crippen LogP contribution in [-0.2, 0) is 0 Å². The van der Waals surface area contributed by atoms with Crippen molar-refractivity contribution < 1.29 is 0 Å². The van der Waals surface area contributed by atoms with Crippen LogP contribution in [-0.4, -0.2) is 4.57 Å². The van der Waals surface area contributed by atoms with Gasteiger partial charge in [-0.15, -0.1) is 0 Å². The minimum Gasteiger partial charge on any atom is -0.310 e. The van der Waals surface area contributed by atoms with Crippen molar-refractivity contribution in [2.75, 3.05) is 4.90 Å². The van der Waals surface area contributed by atoms with Gasteiger partial charge in [0.25, 0.3) is 0 Å². The van der Waals surface area contributed by atoms with Crippen LogP contribution < -0.4 is 4.90 Å². The van der Waals surface area contributed by atoms with Crippen LogP contribution in [0.2, 0.25) is 0 Å². The number of para-hydroxylation sites is 1. The molecular formula is C49H36N2. The molecule has 9 aromatic rings. The van der Waals surface area contributed by atoms with Gasteiger partial charge in [-0.1, -0.05) is 151 Å². The maximum atomic E-state index is 2.41. The van der Waals surface area contributed by atoms with Crippen LogP contribution in [0, 0.1) is 6.92 Å². The molecule has 2 heteroatoms. The van der Waals surface area contributed by atoms with Crippen molar-refractivity contribution in [3.05, 3.63) is 206 Å². The predicted octanol–water partition coefficient (Wildman–Crippen LogP) is 13.6. The van der Waals surface area contributed by atoms with E-state index in [1.165, 1.54) is 60.8 Å². The smallest absolute Gasteiger partial charge is 0.0561 e. The molecule has 0 aliphatic heterocycles. The summed E-state index contributed by atoms with van der Waals surface area (Å²) in [7, 11) is 0. The molecule has 0 atom stereocenters. The Balaban J connectivity index is 1.25. The molecule has 242 valence electrons. The first-order valence-electron chi connectivity index (χ1n) is 17.5. The molecule has 0 spiro atoms. The molecule has 0 saturated carbocycles. The van der Waals surface area contributed by atoms with Crippen molar-refractivity contribution in [1.29, 1.82) is 0 Å². The Morgan fingerprint density at radius 1 is 0.373 bits per heavy atom. The SMILES string of the molecule is Cc1ccc(N(c2ccc(-c3ccccc3)cc2)c2ccc3c4ccccc4n(-c4ccc(-c5ccccc5)cc4)c3c2)c(-c2ccccc2)c1. The van der Waals surface area contributed by atoms with Gasteiger partial charge >= 0.3 is 0 Å². The molecule has 1 heterocycles. The Morgan fingerprint density at radius 2 is 0.882 bits per heavy atom. The average molecular weight is 653 g/mol. The number of aromatic nitrogens is 1. The number of hydrogen-bond acceptors (Lipinski definition) is 1. The van der Waals surface area contributed by atoms with Crippen LogP contribution >= 0.6 is 0 Å². The fourth-order valence-electron chi connectivity index (χ4n) is 7.36. The molecule has 0 aliphatic carbocycles. The maximum absolute atomic E-state index is 2.41. The first-order valence-corrected chi connectivity index (χ1v) is 17.5. The lowest BCUT2D eigenvalue weighted by atomic mass is 9.99. The third kappa shape index (κ3) is 5.67. The van der Waals surface area contributed by atoms with E-state index in [1.54, 1.807) is 0 Å². The molecule has 8 aromatic carbocycles. The summed E-state index contributed by atoms with van der Waals surface area (Å²) in [6, 6.07) is 72.3. The normalized spacial score (nSPS) is 11.2. The molecule has 0 saturated heterocycles. The molecule has 0 unspecified atom stereocenters. The zero-order valence-electron chi connectivity index (χ0n) is 28.4. The Hall–Kier alpha value is -6.64. The second-order valence-corrected chi connectivity index (χ2v) is 13.1. The maximum Gasteiger partial charge on any atom is 0.0561 e. The summed E-state index contributed by atoms with van der Waals surface area (Å²) in [6.45, 7) is 2.17. The van der Waals surface area contributed by atoms with Gasteiger partial charge in [0.1, 0.15) is 0 Å². The highest BCUT2D eigenvalue weighted by Gasteiger charge is 2.20. The standard InChI is InChI=1S/C49H36N2/c1-35-21-32-48(46(33-35)40-17-9-4-10-18-40)50(41-26-22-38(23-27-41)36-13-5-2-6-14-36)43-30-31-45-44-19-11-12-20-47(44)51(49(45)34-43)42-28-24-39(25-29-42)37-15-7-3-8-16-37/h2-34H,1H3. The summed E-state index contributed by atoms with van der Waals surface area (Å²) in [4.78, 5) is 2.41. The fraction of sp³-hybridized carbons (Fsp3) is 0.0204. The van der Waals surface area contributed by atoms with Gasteiger partial charge in [-0.25, -0.2) is 0 Å². The van der Waals surface area contributed by atoms with E-state index in [9.17, 15) is 0 Å². The van der Waals surface area contributed by atoms with Gasteiger partial charge in [-0.3, -0.25) is 0 Å². The average Bonchev–Trinajstić information content (AvgIpc) is 3.53. The summed E-state index contributed by atoms with van der Waals surface area (Å²) in [5, 5.41) is 2.47. The fourth-order valence-corrected chi connectivity index (χ4v) is 7.36. The Bertz CT molecular complexity index is 2600. The second-order valence-electron chi connectivity index (χ2n) is 13.1. The lowest BCUT2D eigenvalue weighted by Gasteiger charge is -2.28. The highest BCUT2D eigenvalue weighted by Crippen LogP contribution is 2.44. The number of rotatable bonds is 7.